The van der Waals surface area contributed by atoms with Crippen LogP contribution in [-0.4, -0.2) is 33.3 Å². The molecule has 0 amide bonds. The van der Waals surface area contributed by atoms with E-state index >= 15 is 0 Å². The Balaban J connectivity index is 3.11. The SMILES string of the molecule is COC=C1C=CC(C(=O)OC)=C(C(=O)OC)C1. The number of hydrogen-bond donors (Lipinski definition) is 0. The van der Waals surface area contributed by atoms with Gasteiger partial charge in [0.1, 0.15) is 0 Å². The number of methoxy groups -OCH3 is 3. The van der Waals surface area contributed by atoms with Gasteiger partial charge in [-0.1, -0.05) is 6.08 Å². The van der Waals surface area contributed by atoms with Crippen LogP contribution in [0.15, 0.2) is 35.1 Å². The highest BCUT2D eigenvalue weighted by Crippen LogP contribution is 2.25. The highest BCUT2D eigenvalue weighted by atomic mass is 16.5. The lowest BCUT2D eigenvalue weighted by Gasteiger charge is -2.14. The zero-order chi connectivity index (χ0) is 12.8. The topological polar surface area (TPSA) is 61.8 Å². The smallest absolute Gasteiger partial charge is 0.338 e. The maximum Gasteiger partial charge on any atom is 0.338 e. The van der Waals surface area contributed by atoms with Gasteiger partial charge in [0.2, 0.25) is 0 Å². The van der Waals surface area contributed by atoms with Gasteiger partial charge in [0.25, 0.3) is 0 Å². The molecule has 0 radical (unpaired) electrons. The van der Waals surface area contributed by atoms with Crippen LogP contribution in [-0.2, 0) is 23.8 Å². The van der Waals surface area contributed by atoms with E-state index < -0.39 is 11.9 Å². The zero-order valence-corrected chi connectivity index (χ0v) is 9.98. The van der Waals surface area contributed by atoms with Gasteiger partial charge in [-0.25, -0.2) is 9.59 Å². The fraction of sp³-hybridized carbons (Fsp3) is 0.333. The van der Waals surface area contributed by atoms with Crippen molar-refractivity contribution >= 4 is 11.9 Å². The Labute approximate surface area is 99.3 Å². The van der Waals surface area contributed by atoms with Crippen molar-refractivity contribution in [3.05, 3.63) is 35.1 Å². The normalized spacial score (nSPS) is 17.0. The standard InChI is InChI=1S/C12H14O5/c1-15-7-8-4-5-9(11(13)16-2)10(6-8)12(14)17-3/h4-5,7H,6H2,1-3H3. The first-order valence-electron chi connectivity index (χ1n) is 4.93. The third-order valence-corrected chi connectivity index (χ3v) is 2.28. The van der Waals surface area contributed by atoms with Crippen molar-refractivity contribution in [2.24, 2.45) is 0 Å². The molecule has 0 heterocycles. The minimum Gasteiger partial charge on any atom is -0.504 e. The van der Waals surface area contributed by atoms with Crippen molar-refractivity contribution in [2.75, 3.05) is 21.3 Å². The van der Waals surface area contributed by atoms with Gasteiger partial charge < -0.3 is 14.2 Å². The second-order valence-electron chi connectivity index (χ2n) is 3.31. The molecule has 1 rings (SSSR count). The first-order chi connectivity index (χ1) is 8.13. The molecule has 17 heavy (non-hydrogen) atoms. The summed E-state index contributed by atoms with van der Waals surface area (Å²) in [5.41, 5.74) is 1.26. The Bertz CT molecular complexity index is 415. The van der Waals surface area contributed by atoms with Crippen molar-refractivity contribution in [1.29, 1.82) is 0 Å². The lowest BCUT2D eigenvalue weighted by Crippen LogP contribution is -2.16. The first-order valence-corrected chi connectivity index (χ1v) is 4.93. The molecule has 0 N–H and O–H groups in total. The number of hydrogen-bond acceptors (Lipinski definition) is 5. The third kappa shape index (κ3) is 2.96. The molecule has 1 aliphatic carbocycles. The van der Waals surface area contributed by atoms with Gasteiger partial charge in [-0.2, -0.15) is 0 Å². The molecule has 0 saturated heterocycles. The molecule has 0 aliphatic heterocycles. The van der Waals surface area contributed by atoms with Gasteiger partial charge in [-0.15, -0.1) is 0 Å². The quantitative estimate of drug-likeness (QED) is 0.544. The summed E-state index contributed by atoms with van der Waals surface area (Å²) in [7, 11) is 4.04. The van der Waals surface area contributed by atoms with Crippen molar-refractivity contribution < 1.29 is 23.8 Å². The van der Waals surface area contributed by atoms with Crippen molar-refractivity contribution in [1.82, 2.24) is 0 Å². The molecule has 0 aromatic rings. The molecule has 0 fully saturated rings. The first kappa shape index (κ1) is 13.0. The number of ether oxygens (including phenoxy) is 3. The van der Waals surface area contributed by atoms with Crippen molar-refractivity contribution in [3.63, 3.8) is 0 Å². The fourth-order valence-electron chi connectivity index (χ4n) is 1.49. The van der Waals surface area contributed by atoms with Crippen LogP contribution in [0.4, 0.5) is 0 Å². The molecule has 0 atom stereocenters. The third-order valence-electron chi connectivity index (χ3n) is 2.28. The van der Waals surface area contributed by atoms with Gasteiger partial charge >= 0.3 is 11.9 Å². The van der Waals surface area contributed by atoms with Crippen molar-refractivity contribution in [3.8, 4) is 0 Å². The Kier molecular flexibility index (Phi) is 4.51. The van der Waals surface area contributed by atoms with E-state index in [-0.39, 0.29) is 17.6 Å². The monoisotopic (exact) mass is 238 g/mol. The Morgan fingerprint density at radius 3 is 2.29 bits per heavy atom. The molecule has 0 bridgehead atoms. The molecule has 5 heteroatoms. The molecule has 0 saturated carbocycles. The van der Waals surface area contributed by atoms with E-state index in [1.54, 1.807) is 6.08 Å². The molecule has 0 spiro atoms. The maximum atomic E-state index is 11.6. The van der Waals surface area contributed by atoms with E-state index in [1.165, 1.54) is 33.7 Å². The molecule has 92 valence electrons. The molecule has 1 aliphatic rings. The van der Waals surface area contributed by atoms with Gasteiger partial charge in [0.05, 0.1) is 38.7 Å². The summed E-state index contributed by atoms with van der Waals surface area (Å²) in [5, 5.41) is 0. The van der Waals surface area contributed by atoms with Crippen molar-refractivity contribution in [2.45, 2.75) is 6.42 Å². The Hall–Kier alpha value is -2.04. The van der Waals surface area contributed by atoms with Gasteiger partial charge in [-0.05, 0) is 11.6 Å². The van der Waals surface area contributed by atoms with Crippen LogP contribution >= 0.6 is 0 Å². The fourth-order valence-corrected chi connectivity index (χ4v) is 1.49. The largest absolute Gasteiger partial charge is 0.504 e. The predicted molar refractivity (Wildman–Crippen MR) is 59.9 cm³/mol. The second-order valence-corrected chi connectivity index (χ2v) is 3.31. The van der Waals surface area contributed by atoms with E-state index in [0.717, 1.165) is 5.57 Å². The van der Waals surface area contributed by atoms with E-state index in [1.807, 2.05) is 0 Å². The number of allylic oxidation sites excluding steroid dienone is 2. The highest BCUT2D eigenvalue weighted by Gasteiger charge is 2.24. The van der Waals surface area contributed by atoms with Crippen LogP contribution in [0.5, 0.6) is 0 Å². The Morgan fingerprint density at radius 1 is 1.12 bits per heavy atom. The summed E-state index contributed by atoms with van der Waals surface area (Å²) in [6, 6.07) is 0. The minimum absolute atomic E-state index is 0.215. The lowest BCUT2D eigenvalue weighted by atomic mass is 9.94. The molecular formula is C12H14O5. The lowest BCUT2D eigenvalue weighted by molar-refractivity contribution is -0.139. The van der Waals surface area contributed by atoms with E-state index in [9.17, 15) is 9.59 Å². The molecule has 0 aromatic carbocycles. The van der Waals surface area contributed by atoms with E-state index in [0.29, 0.717) is 0 Å². The Morgan fingerprint density at radius 2 is 1.76 bits per heavy atom. The van der Waals surface area contributed by atoms with E-state index in [4.69, 9.17) is 4.74 Å². The number of carbonyl (C=O) groups is 2. The van der Waals surface area contributed by atoms with Crippen LogP contribution in [0.1, 0.15) is 6.42 Å². The van der Waals surface area contributed by atoms with Crippen LogP contribution < -0.4 is 0 Å². The highest BCUT2D eigenvalue weighted by molar-refractivity contribution is 6.03. The molecule has 0 aromatic heterocycles. The van der Waals surface area contributed by atoms with Gasteiger partial charge in [-0.3, -0.25) is 0 Å². The summed E-state index contributed by atoms with van der Waals surface area (Å²) in [6.07, 6.45) is 5.00. The molecule has 0 unspecified atom stereocenters. The summed E-state index contributed by atoms with van der Waals surface area (Å²) < 4.78 is 14.1. The average molecular weight is 238 g/mol. The summed E-state index contributed by atoms with van der Waals surface area (Å²) in [4.78, 5) is 23.0. The number of carbonyl (C=O) groups excluding carboxylic acids is 2. The van der Waals surface area contributed by atoms with Gasteiger partial charge in [0.15, 0.2) is 0 Å². The summed E-state index contributed by atoms with van der Waals surface area (Å²) in [5.74, 6) is -1.10. The van der Waals surface area contributed by atoms with E-state index in [2.05, 4.69) is 9.47 Å². The second kappa shape index (κ2) is 5.89. The number of rotatable bonds is 3. The molecular weight excluding hydrogens is 224 g/mol. The zero-order valence-electron chi connectivity index (χ0n) is 9.98. The van der Waals surface area contributed by atoms with Crippen LogP contribution in [0.25, 0.3) is 0 Å². The van der Waals surface area contributed by atoms with Gasteiger partial charge in [0, 0.05) is 6.42 Å². The summed E-state index contributed by atoms with van der Waals surface area (Å²) >= 11 is 0. The number of esters is 2. The molecule has 5 nitrogen and oxygen atoms in total. The minimum atomic E-state index is -0.557. The summed E-state index contributed by atoms with van der Waals surface area (Å²) in [6.45, 7) is 0. The maximum absolute atomic E-state index is 11.6. The van der Waals surface area contributed by atoms with Crippen LogP contribution in [0.3, 0.4) is 0 Å². The average Bonchev–Trinajstić information content (AvgIpc) is 2.37. The predicted octanol–water partition coefficient (Wildman–Crippen LogP) is 1.12. The van der Waals surface area contributed by atoms with Crippen LogP contribution in [0, 0.1) is 0 Å². The van der Waals surface area contributed by atoms with Crippen LogP contribution in [0.2, 0.25) is 0 Å².